The molecule has 0 radical (unpaired) electrons. The number of para-hydroxylation sites is 1. The molecule has 1 heterocycles. The first-order valence-corrected chi connectivity index (χ1v) is 9.45. The van der Waals surface area contributed by atoms with Gasteiger partial charge in [0.25, 0.3) is 0 Å². The molecule has 0 unspecified atom stereocenters. The van der Waals surface area contributed by atoms with Crippen molar-refractivity contribution in [3.8, 4) is 28.5 Å². The average molecular weight is 423 g/mol. The van der Waals surface area contributed by atoms with Gasteiger partial charge in [-0.15, -0.1) is 0 Å². The van der Waals surface area contributed by atoms with E-state index < -0.39 is 6.03 Å². The number of aromatic nitrogens is 1. The SMILES string of the molecule is COc1ccccc1-c1ccc(OCc2c(OC)cccc2N(N)C(=O)NN)nc1C. The third kappa shape index (κ3) is 4.68. The van der Waals surface area contributed by atoms with E-state index in [2.05, 4.69) is 4.98 Å². The molecule has 0 aliphatic carbocycles. The minimum absolute atomic E-state index is 0.0747. The van der Waals surface area contributed by atoms with Gasteiger partial charge in [0.1, 0.15) is 18.1 Å². The van der Waals surface area contributed by atoms with Gasteiger partial charge in [-0.2, -0.15) is 0 Å². The lowest BCUT2D eigenvalue weighted by Gasteiger charge is -2.21. The number of hydrogen-bond acceptors (Lipinski definition) is 7. The number of hydrazine groups is 2. The summed E-state index contributed by atoms with van der Waals surface area (Å²) < 4.78 is 16.8. The van der Waals surface area contributed by atoms with Crippen molar-refractivity contribution in [2.75, 3.05) is 19.2 Å². The van der Waals surface area contributed by atoms with E-state index in [-0.39, 0.29) is 6.61 Å². The highest BCUT2D eigenvalue weighted by atomic mass is 16.5. The second kappa shape index (κ2) is 9.79. The van der Waals surface area contributed by atoms with Crippen LogP contribution in [0.15, 0.2) is 54.6 Å². The smallest absolute Gasteiger partial charge is 0.350 e. The van der Waals surface area contributed by atoms with Crippen molar-refractivity contribution in [2.24, 2.45) is 11.7 Å². The van der Waals surface area contributed by atoms with Crippen LogP contribution >= 0.6 is 0 Å². The van der Waals surface area contributed by atoms with E-state index in [9.17, 15) is 4.79 Å². The van der Waals surface area contributed by atoms with Gasteiger partial charge < -0.3 is 14.2 Å². The Bertz CT molecular complexity index is 1070. The van der Waals surface area contributed by atoms with E-state index in [1.54, 1.807) is 31.4 Å². The lowest BCUT2D eigenvalue weighted by atomic mass is 10.0. The molecule has 0 spiro atoms. The van der Waals surface area contributed by atoms with Gasteiger partial charge in [-0.1, -0.05) is 24.3 Å². The van der Waals surface area contributed by atoms with Crippen molar-refractivity contribution in [2.45, 2.75) is 13.5 Å². The molecular weight excluding hydrogens is 398 g/mol. The van der Waals surface area contributed by atoms with Crippen molar-refractivity contribution in [3.63, 3.8) is 0 Å². The highest BCUT2D eigenvalue weighted by Gasteiger charge is 2.19. The quantitative estimate of drug-likeness (QED) is 0.303. The van der Waals surface area contributed by atoms with Gasteiger partial charge in [-0.3, -0.25) is 5.43 Å². The predicted molar refractivity (Wildman–Crippen MR) is 118 cm³/mol. The maximum absolute atomic E-state index is 11.9. The van der Waals surface area contributed by atoms with Crippen molar-refractivity contribution in [1.29, 1.82) is 0 Å². The van der Waals surface area contributed by atoms with Crippen molar-refractivity contribution >= 4 is 11.7 Å². The highest BCUT2D eigenvalue weighted by Crippen LogP contribution is 2.33. The van der Waals surface area contributed by atoms with Gasteiger partial charge in [0.05, 0.1) is 25.5 Å². The number of amides is 2. The molecule has 0 aliphatic rings. The van der Waals surface area contributed by atoms with Gasteiger partial charge in [-0.25, -0.2) is 26.5 Å². The van der Waals surface area contributed by atoms with Gasteiger partial charge in [0.2, 0.25) is 5.88 Å². The minimum Gasteiger partial charge on any atom is -0.496 e. The van der Waals surface area contributed by atoms with Gasteiger partial charge in [0.15, 0.2) is 0 Å². The third-order valence-electron chi connectivity index (χ3n) is 4.75. The predicted octanol–water partition coefficient (Wildman–Crippen LogP) is 2.92. The summed E-state index contributed by atoms with van der Waals surface area (Å²) in [7, 11) is 3.16. The second-order valence-corrected chi connectivity index (χ2v) is 6.55. The van der Waals surface area contributed by atoms with Gasteiger partial charge in [0, 0.05) is 22.9 Å². The van der Waals surface area contributed by atoms with Crippen LogP contribution in [0.5, 0.6) is 17.4 Å². The molecule has 0 atom stereocenters. The number of rotatable bonds is 7. The van der Waals surface area contributed by atoms with Crippen LogP contribution in [0.4, 0.5) is 10.5 Å². The zero-order valence-corrected chi connectivity index (χ0v) is 17.6. The Morgan fingerprint density at radius 2 is 1.71 bits per heavy atom. The Morgan fingerprint density at radius 3 is 2.39 bits per heavy atom. The van der Waals surface area contributed by atoms with Crippen LogP contribution in [0.25, 0.3) is 11.1 Å². The number of carbonyl (C=O) groups is 1. The maximum atomic E-state index is 11.9. The topological polar surface area (TPSA) is 125 Å². The number of nitrogens with one attached hydrogen (secondary N) is 1. The Morgan fingerprint density at radius 1 is 1.00 bits per heavy atom. The first-order valence-electron chi connectivity index (χ1n) is 9.45. The lowest BCUT2D eigenvalue weighted by Crippen LogP contribution is -2.48. The van der Waals surface area contributed by atoms with E-state index >= 15 is 0 Å². The molecule has 2 amide bonds. The van der Waals surface area contributed by atoms with Crippen LogP contribution in [0.1, 0.15) is 11.3 Å². The zero-order chi connectivity index (χ0) is 22.4. The summed E-state index contributed by atoms with van der Waals surface area (Å²) in [6.07, 6.45) is 0. The van der Waals surface area contributed by atoms with Crippen molar-refractivity contribution < 1.29 is 19.0 Å². The molecule has 0 saturated carbocycles. The summed E-state index contributed by atoms with van der Waals surface area (Å²) >= 11 is 0. The number of anilines is 1. The Hall–Kier alpha value is -3.82. The zero-order valence-electron chi connectivity index (χ0n) is 17.6. The number of pyridine rings is 1. The molecule has 5 N–H and O–H groups in total. The van der Waals surface area contributed by atoms with E-state index in [1.165, 1.54) is 7.11 Å². The summed E-state index contributed by atoms with van der Waals surface area (Å²) in [6.45, 7) is 1.97. The molecule has 9 nitrogen and oxygen atoms in total. The van der Waals surface area contributed by atoms with Crippen molar-refractivity contribution in [1.82, 2.24) is 10.4 Å². The van der Waals surface area contributed by atoms with Gasteiger partial charge >= 0.3 is 6.03 Å². The summed E-state index contributed by atoms with van der Waals surface area (Å²) in [5.41, 5.74) is 5.63. The second-order valence-electron chi connectivity index (χ2n) is 6.55. The number of methoxy groups -OCH3 is 2. The van der Waals surface area contributed by atoms with E-state index in [0.29, 0.717) is 22.9 Å². The highest BCUT2D eigenvalue weighted by molar-refractivity contribution is 5.91. The molecule has 9 heteroatoms. The molecule has 0 saturated heterocycles. The average Bonchev–Trinajstić information content (AvgIpc) is 2.81. The number of hydrogen-bond donors (Lipinski definition) is 3. The number of benzene rings is 2. The molecule has 162 valence electrons. The molecule has 1 aromatic heterocycles. The van der Waals surface area contributed by atoms with Crippen molar-refractivity contribution in [3.05, 3.63) is 65.9 Å². The minimum atomic E-state index is -0.676. The first-order chi connectivity index (χ1) is 15.0. The summed E-state index contributed by atoms with van der Waals surface area (Å²) in [5.74, 6) is 12.8. The Kier molecular flexibility index (Phi) is 6.91. The Labute approximate surface area is 180 Å². The fourth-order valence-electron chi connectivity index (χ4n) is 3.21. The molecular formula is C22H25N5O4. The number of nitrogens with zero attached hydrogens (tertiary/aromatic N) is 2. The largest absolute Gasteiger partial charge is 0.496 e. The fourth-order valence-corrected chi connectivity index (χ4v) is 3.21. The van der Waals surface area contributed by atoms with E-state index in [1.807, 2.05) is 42.7 Å². The van der Waals surface area contributed by atoms with Gasteiger partial charge in [-0.05, 0) is 31.2 Å². The first kappa shape index (κ1) is 21.9. The van der Waals surface area contributed by atoms with Crippen LogP contribution < -0.4 is 36.3 Å². The fraction of sp³-hybridized carbons (Fsp3) is 0.182. The standard InChI is InChI=1S/C22H25N5O4/c1-14-15(16-7-4-5-9-19(16)29-2)11-12-21(25-14)31-13-17-18(27(24)22(28)26-23)8-6-10-20(17)30-3/h4-12H,13,23-24H2,1-3H3,(H,26,28). The van der Waals surface area contributed by atoms with Crippen LogP contribution in [-0.2, 0) is 6.61 Å². The number of urea groups is 1. The van der Waals surface area contributed by atoms with Crippen LogP contribution in [-0.4, -0.2) is 25.2 Å². The lowest BCUT2D eigenvalue weighted by molar-refractivity contribution is 0.246. The maximum Gasteiger partial charge on any atom is 0.350 e. The molecule has 0 fully saturated rings. The number of nitrogens with two attached hydrogens (primary N) is 2. The summed E-state index contributed by atoms with van der Waals surface area (Å²) in [5, 5.41) is 0.894. The van der Waals surface area contributed by atoms with Crippen LogP contribution in [0, 0.1) is 6.92 Å². The molecule has 0 bridgehead atoms. The van der Waals surface area contributed by atoms with E-state index in [4.69, 9.17) is 25.9 Å². The normalized spacial score (nSPS) is 10.4. The van der Waals surface area contributed by atoms with Crippen LogP contribution in [0.2, 0.25) is 0 Å². The summed E-state index contributed by atoms with van der Waals surface area (Å²) in [4.78, 5) is 16.4. The number of aryl methyl sites for hydroxylation is 1. The van der Waals surface area contributed by atoms with Crippen LogP contribution in [0.3, 0.4) is 0 Å². The molecule has 3 aromatic rings. The number of carbonyl (C=O) groups excluding carboxylic acids is 1. The molecule has 31 heavy (non-hydrogen) atoms. The molecule has 3 rings (SSSR count). The molecule has 0 aliphatic heterocycles. The molecule has 2 aromatic carbocycles. The van der Waals surface area contributed by atoms with E-state index in [0.717, 1.165) is 27.6 Å². The monoisotopic (exact) mass is 423 g/mol. The third-order valence-corrected chi connectivity index (χ3v) is 4.75. The summed E-state index contributed by atoms with van der Waals surface area (Å²) in [6, 6.07) is 15.9. The number of ether oxygens (including phenoxy) is 3. The Balaban J connectivity index is 1.87.